The number of rotatable bonds is 0. The van der Waals surface area contributed by atoms with Crippen LogP contribution in [0.15, 0.2) is 34.4 Å². The van der Waals surface area contributed by atoms with Gasteiger partial charge in [-0.2, -0.15) is 0 Å². The van der Waals surface area contributed by atoms with Crippen LogP contribution in [0.25, 0.3) is 0 Å². The molecule has 2 fully saturated rings. The smallest absolute Gasteiger partial charge is 0.0966 e. The lowest BCUT2D eigenvalue weighted by Crippen LogP contribution is -2.49. The SMILES string of the molecule is CC(F)=C1CCC2C3CC(C)=C4C=C(O)CCC4(C)C3CCC12C. The number of aliphatic hydroxyl groups is 1. The first kappa shape index (κ1) is 16.4. The van der Waals surface area contributed by atoms with Crippen LogP contribution in [-0.2, 0) is 0 Å². The quantitative estimate of drug-likeness (QED) is 0.528. The van der Waals surface area contributed by atoms with Crippen molar-refractivity contribution in [2.45, 2.75) is 72.6 Å². The molecule has 4 rings (SSSR count). The van der Waals surface area contributed by atoms with Gasteiger partial charge in [0, 0.05) is 6.42 Å². The fourth-order valence-electron chi connectivity index (χ4n) is 7.13. The molecule has 0 aromatic carbocycles. The number of aliphatic hydroxyl groups excluding tert-OH is 1. The van der Waals surface area contributed by atoms with Crippen molar-refractivity contribution in [3.05, 3.63) is 34.4 Å². The van der Waals surface area contributed by atoms with Gasteiger partial charge in [0.05, 0.1) is 11.6 Å². The van der Waals surface area contributed by atoms with E-state index in [1.54, 1.807) is 6.92 Å². The summed E-state index contributed by atoms with van der Waals surface area (Å²) in [7, 11) is 0. The molecule has 0 aromatic heterocycles. The van der Waals surface area contributed by atoms with Gasteiger partial charge in [-0.1, -0.05) is 19.4 Å². The van der Waals surface area contributed by atoms with E-state index in [1.165, 1.54) is 17.6 Å². The van der Waals surface area contributed by atoms with Gasteiger partial charge in [-0.15, -0.1) is 0 Å². The Morgan fingerprint density at radius 2 is 1.83 bits per heavy atom. The van der Waals surface area contributed by atoms with E-state index >= 15 is 0 Å². The van der Waals surface area contributed by atoms with Gasteiger partial charge in [-0.3, -0.25) is 0 Å². The molecule has 0 bridgehead atoms. The van der Waals surface area contributed by atoms with E-state index in [0.29, 0.717) is 23.5 Å². The summed E-state index contributed by atoms with van der Waals surface area (Å²) in [6.45, 7) is 8.69. The Labute approximate surface area is 145 Å². The fourth-order valence-corrected chi connectivity index (χ4v) is 7.13. The Morgan fingerprint density at radius 3 is 2.54 bits per heavy atom. The highest BCUT2D eigenvalue weighted by Gasteiger charge is 2.57. The van der Waals surface area contributed by atoms with Gasteiger partial charge >= 0.3 is 0 Å². The van der Waals surface area contributed by atoms with Gasteiger partial charge in [-0.05, 0) is 98.2 Å². The van der Waals surface area contributed by atoms with Crippen molar-refractivity contribution in [2.24, 2.45) is 28.6 Å². The molecule has 2 saturated carbocycles. The van der Waals surface area contributed by atoms with Crippen LogP contribution >= 0.6 is 0 Å². The number of fused-ring (bicyclic) bond motifs is 5. The van der Waals surface area contributed by atoms with Crippen LogP contribution in [-0.4, -0.2) is 5.11 Å². The third kappa shape index (κ3) is 2.04. The lowest BCUT2D eigenvalue weighted by Gasteiger charge is -2.57. The highest BCUT2D eigenvalue weighted by atomic mass is 19.1. The van der Waals surface area contributed by atoms with Crippen LogP contribution in [0, 0.1) is 28.6 Å². The molecular weight excluding hydrogens is 299 g/mol. The highest BCUT2D eigenvalue weighted by molar-refractivity contribution is 5.40. The van der Waals surface area contributed by atoms with Crippen molar-refractivity contribution < 1.29 is 9.50 Å². The minimum atomic E-state index is 0.0824. The summed E-state index contributed by atoms with van der Waals surface area (Å²) in [5, 5.41) is 10.0. The maximum absolute atomic E-state index is 14.1. The standard InChI is InChI=1S/C22H31FO/c1-13-11-16-18-6-5-17(14(2)23)21(18,3)10-8-19(16)22(4)9-7-15(24)12-20(13)22/h12,16,18-19,24H,5-11H2,1-4H3. The Bertz CT molecular complexity index is 665. The van der Waals surface area contributed by atoms with Crippen LogP contribution in [0.3, 0.4) is 0 Å². The second-order valence-corrected chi connectivity index (χ2v) is 9.33. The summed E-state index contributed by atoms with van der Waals surface area (Å²) in [6, 6.07) is 0. The van der Waals surface area contributed by atoms with Crippen molar-refractivity contribution in [1.29, 1.82) is 0 Å². The summed E-state index contributed by atoms with van der Waals surface area (Å²) in [5.41, 5.74) is 4.28. The summed E-state index contributed by atoms with van der Waals surface area (Å²) < 4.78 is 14.1. The summed E-state index contributed by atoms with van der Waals surface area (Å²) in [4.78, 5) is 0. The Morgan fingerprint density at radius 1 is 1.12 bits per heavy atom. The van der Waals surface area contributed by atoms with E-state index in [0.717, 1.165) is 44.1 Å². The van der Waals surface area contributed by atoms with Crippen molar-refractivity contribution >= 4 is 0 Å². The molecule has 24 heavy (non-hydrogen) atoms. The number of hydrogen-bond donors (Lipinski definition) is 1. The van der Waals surface area contributed by atoms with Crippen molar-refractivity contribution in [3.63, 3.8) is 0 Å². The summed E-state index contributed by atoms with van der Waals surface area (Å²) in [6.07, 6.45) is 9.54. The predicted octanol–water partition coefficient (Wildman–Crippen LogP) is 6.63. The first-order valence-corrected chi connectivity index (χ1v) is 9.73. The van der Waals surface area contributed by atoms with Crippen molar-refractivity contribution in [1.82, 2.24) is 0 Å². The minimum absolute atomic E-state index is 0.0824. The molecule has 0 radical (unpaired) electrons. The zero-order valence-electron chi connectivity index (χ0n) is 15.6. The monoisotopic (exact) mass is 330 g/mol. The molecule has 132 valence electrons. The maximum atomic E-state index is 14.1. The van der Waals surface area contributed by atoms with Crippen molar-refractivity contribution in [3.8, 4) is 0 Å². The Hall–Kier alpha value is -1.05. The van der Waals surface area contributed by atoms with Crippen LogP contribution in [0.4, 0.5) is 4.39 Å². The predicted molar refractivity (Wildman–Crippen MR) is 96.2 cm³/mol. The van der Waals surface area contributed by atoms with Crippen LogP contribution in [0.1, 0.15) is 72.6 Å². The molecule has 0 aromatic rings. The molecule has 1 nitrogen and oxygen atoms in total. The topological polar surface area (TPSA) is 20.2 Å². The van der Waals surface area contributed by atoms with Gasteiger partial charge in [0.1, 0.15) is 0 Å². The molecule has 5 unspecified atom stereocenters. The zero-order valence-corrected chi connectivity index (χ0v) is 15.6. The molecule has 0 aliphatic heterocycles. The van der Waals surface area contributed by atoms with Gasteiger partial charge in [0.25, 0.3) is 0 Å². The molecule has 4 aliphatic carbocycles. The van der Waals surface area contributed by atoms with E-state index in [2.05, 4.69) is 26.8 Å². The Kier molecular flexibility index (Phi) is 3.57. The van der Waals surface area contributed by atoms with E-state index < -0.39 is 0 Å². The highest BCUT2D eigenvalue weighted by Crippen LogP contribution is 2.67. The third-order valence-electron chi connectivity index (χ3n) is 8.28. The van der Waals surface area contributed by atoms with Crippen LogP contribution < -0.4 is 0 Å². The molecule has 5 atom stereocenters. The fraction of sp³-hybridized carbons (Fsp3) is 0.727. The Balaban J connectivity index is 1.77. The first-order chi connectivity index (χ1) is 11.3. The van der Waals surface area contributed by atoms with Gasteiger partial charge in [0.15, 0.2) is 0 Å². The number of halogens is 1. The average molecular weight is 330 g/mol. The first-order valence-electron chi connectivity index (χ1n) is 9.73. The van der Waals surface area contributed by atoms with E-state index in [4.69, 9.17) is 0 Å². The molecule has 2 heteroatoms. The molecule has 0 heterocycles. The van der Waals surface area contributed by atoms with Gasteiger partial charge < -0.3 is 5.11 Å². The molecule has 1 N–H and O–H groups in total. The largest absolute Gasteiger partial charge is 0.512 e. The zero-order chi connectivity index (χ0) is 17.3. The number of hydrogen-bond acceptors (Lipinski definition) is 1. The third-order valence-corrected chi connectivity index (χ3v) is 8.28. The second kappa shape index (κ2) is 5.22. The molecule has 0 amide bonds. The average Bonchev–Trinajstić information content (AvgIpc) is 2.87. The molecule has 0 spiro atoms. The summed E-state index contributed by atoms with van der Waals surface area (Å²) in [5.74, 6) is 2.64. The minimum Gasteiger partial charge on any atom is -0.512 e. The second-order valence-electron chi connectivity index (χ2n) is 9.33. The normalized spacial score (nSPS) is 46.9. The van der Waals surface area contributed by atoms with E-state index in [1.807, 2.05) is 0 Å². The lowest BCUT2D eigenvalue weighted by atomic mass is 9.47. The molecular formula is C22H31FO. The van der Waals surface area contributed by atoms with Crippen molar-refractivity contribution in [2.75, 3.05) is 0 Å². The number of allylic oxidation sites excluding steroid dienone is 6. The van der Waals surface area contributed by atoms with E-state index in [9.17, 15) is 9.50 Å². The summed E-state index contributed by atoms with van der Waals surface area (Å²) >= 11 is 0. The van der Waals surface area contributed by atoms with E-state index in [-0.39, 0.29) is 16.7 Å². The maximum Gasteiger partial charge on any atom is 0.0966 e. The van der Waals surface area contributed by atoms with Gasteiger partial charge in [-0.25, -0.2) is 4.39 Å². The van der Waals surface area contributed by atoms with Gasteiger partial charge in [0.2, 0.25) is 0 Å². The van der Waals surface area contributed by atoms with Crippen LogP contribution in [0.5, 0.6) is 0 Å². The molecule has 4 aliphatic rings. The lowest BCUT2D eigenvalue weighted by molar-refractivity contribution is -0.0112. The molecule has 0 saturated heterocycles. The van der Waals surface area contributed by atoms with Crippen LogP contribution in [0.2, 0.25) is 0 Å².